The first kappa shape index (κ1) is 18.0. The van der Waals surface area contributed by atoms with Crippen LogP contribution in [0.4, 0.5) is 0 Å². The molecule has 0 bridgehead atoms. The summed E-state index contributed by atoms with van der Waals surface area (Å²) in [5.41, 5.74) is 0.744. The Labute approximate surface area is 160 Å². The molecule has 0 saturated carbocycles. The zero-order valence-electron chi connectivity index (χ0n) is 15.6. The predicted molar refractivity (Wildman–Crippen MR) is 107 cm³/mol. The Balaban J connectivity index is 1.36. The monoisotopic (exact) mass is 365 g/mol. The van der Waals surface area contributed by atoms with E-state index >= 15 is 0 Å². The third-order valence-electron chi connectivity index (χ3n) is 5.74. The van der Waals surface area contributed by atoms with E-state index in [4.69, 9.17) is 0 Å². The normalized spacial score (nSPS) is 22.7. The van der Waals surface area contributed by atoms with Crippen LogP contribution in [0.25, 0.3) is 10.8 Å². The number of rotatable bonds is 4. The van der Waals surface area contributed by atoms with Crippen LogP contribution < -0.4 is 10.6 Å². The van der Waals surface area contributed by atoms with E-state index in [1.807, 2.05) is 41.3 Å². The Hall–Kier alpha value is -2.40. The van der Waals surface area contributed by atoms with Crippen molar-refractivity contribution in [2.75, 3.05) is 26.2 Å². The second-order valence-corrected chi connectivity index (χ2v) is 7.72. The van der Waals surface area contributed by atoms with Crippen molar-refractivity contribution in [1.82, 2.24) is 15.5 Å². The Kier molecular flexibility index (Phi) is 5.39. The Morgan fingerprint density at radius 3 is 2.74 bits per heavy atom. The van der Waals surface area contributed by atoms with E-state index in [0.29, 0.717) is 19.0 Å². The van der Waals surface area contributed by atoms with E-state index in [2.05, 4.69) is 16.7 Å². The minimum atomic E-state index is -0.0380. The third kappa shape index (κ3) is 4.14. The van der Waals surface area contributed by atoms with Gasteiger partial charge in [0.25, 0.3) is 5.91 Å². The maximum absolute atomic E-state index is 13.0. The van der Waals surface area contributed by atoms with Crippen molar-refractivity contribution in [2.24, 2.45) is 5.92 Å². The largest absolute Gasteiger partial charge is 0.354 e. The van der Waals surface area contributed by atoms with Crippen LogP contribution in [0.2, 0.25) is 0 Å². The molecule has 5 heteroatoms. The van der Waals surface area contributed by atoms with Gasteiger partial charge in [0, 0.05) is 25.2 Å². The van der Waals surface area contributed by atoms with Crippen LogP contribution in [-0.4, -0.2) is 48.9 Å². The average molecular weight is 365 g/mol. The van der Waals surface area contributed by atoms with Gasteiger partial charge in [0.1, 0.15) is 0 Å². The van der Waals surface area contributed by atoms with Crippen LogP contribution in [0.15, 0.2) is 42.5 Å². The molecule has 2 atom stereocenters. The molecule has 0 aromatic heterocycles. The Bertz CT molecular complexity index is 829. The molecule has 2 fully saturated rings. The van der Waals surface area contributed by atoms with Gasteiger partial charge in [-0.1, -0.05) is 30.3 Å². The van der Waals surface area contributed by atoms with E-state index in [9.17, 15) is 9.59 Å². The summed E-state index contributed by atoms with van der Waals surface area (Å²) in [6.45, 7) is 3.08. The number of hydrogen-bond donors (Lipinski definition) is 2. The summed E-state index contributed by atoms with van der Waals surface area (Å²) in [6, 6.07) is 14.0. The van der Waals surface area contributed by atoms with Gasteiger partial charge in [-0.05, 0) is 61.1 Å². The molecule has 2 unspecified atom stereocenters. The highest BCUT2D eigenvalue weighted by Crippen LogP contribution is 2.21. The fraction of sp³-hybridized carbons (Fsp3) is 0.455. The van der Waals surface area contributed by atoms with Gasteiger partial charge in [-0.25, -0.2) is 0 Å². The number of fused-ring (bicyclic) bond motifs is 1. The number of piperidine rings is 1. The van der Waals surface area contributed by atoms with Gasteiger partial charge in [0.2, 0.25) is 5.91 Å². The maximum Gasteiger partial charge on any atom is 0.253 e. The fourth-order valence-corrected chi connectivity index (χ4v) is 4.20. The standard InChI is InChI=1S/C22H27N3O2/c26-21(20-8-3-11-23-20)24-14-16-5-4-12-25(15-16)22(27)19-10-9-17-6-1-2-7-18(17)13-19/h1-2,6-7,9-10,13,16,20,23H,3-5,8,11-12,14-15H2,(H,24,26). The van der Waals surface area contributed by atoms with E-state index < -0.39 is 0 Å². The number of nitrogens with zero attached hydrogens (tertiary/aromatic N) is 1. The second kappa shape index (κ2) is 8.09. The first-order valence-electron chi connectivity index (χ1n) is 10.00. The van der Waals surface area contributed by atoms with E-state index in [1.165, 1.54) is 0 Å². The van der Waals surface area contributed by atoms with Crippen LogP contribution in [0.1, 0.15) is 36.0 Å². The maximum atomic E-state index is 13.0. The summed E-state index contributed by atoms with van der Waals surface area (Å²) in [6.07, 6.45) is 4.03. The SMILES string of the molecule is O=C(NCC1CCCN(C(=O)c2ccc3ccccc3c2)C1)C1CCCN1. The fourth-order valence-electron chi connectivity index (χ4n) is 4.20. The lowest BCUT2D eigenvalue weighted by Crippen LogP contribution is -2.46. The summed E-state index contributed by atoms with van der Waals surface area (Å²) in [5, 5.41) is 8.55. The van der Waals surface area contributed by atoms with E-state index in [0.717, 1.165) is 55.1 Å². The highest BCUT2D eigenvalue weighted by Gasteiger charge is 2.27. The van der Waals surface area contributed by atoms with E-state index in [1.54, 1.807) is 0 Å². The molecule has 5 nitrogen and oxygen atoms in total. The molecular weight excluding hydrogens is 338 g/mol. The highest BCUT2D eigenvalue weighted by atomic mass is 16.2. The smallest absolute Gasteiger partial charge is 0.253 e. The van der Waals surface area contributed by atoms with Crippen molar-refractivity contribution < 1.29 is 9.59 Å². The molecule has 2 N–H and O–H groups in total. The van der Waals surface area contributed by atoms with Gasteiger partial charge >= 0.3 is 0 Å². The first-order chi connectivity index (χ1) is 13.2. The van der Waals surface area contributed by atoms with Crippen molar-refractivity contribution in [1.29, 1.82) is 0 Å². The quantitative estimate of drug-likeness (QED) is 0.875. The number of likely N-dealkylation sites (tertiary alicyclic amines) is 1. The van der Waals surface area contributed by atoms with Gasteiger partial charge < -0.3 is 15.5 Å². The minimum Gasteiger partial charge on any atom is -0.354 e. The predicted octanol–water partition coefficient (Wildman–Crippen LogP) is 2.56. The van der Waals surface area contributed by atoms with Crippen molar-refractivity contribution in [3.05, 3.63) is 48.0 Å². The zero-order chi connectivity index (χ0) is 18.6. The van der Waals surface area contributed by atoms with Crippen molar-refractivity contribution in [3.63, 3.8) is 0 Å². The summed E-state index contributed by atoms with van der Waals surface area (Å²) in [5.74, 6) is 0.522. The first-order valence-corrected chi connectivity index (χ1v) is 10.00. The summed E-state index contributed by atoms with van der Waals surface area (Å²) in [4.78, 5) is 27.1. The molecule has 2 aromatic rings. The molecule has 0 radical (unpaired) electrons. The van der Waals surface area contributed by atoms with Gasteiger partial charge in [-0.15, -0.1) is 0 Å². The van der Waals surface area contributed by atoms with Crippen LogP contribution in [0, 0.1) is 5.92 Å². The van der Waals surface area contributed by atoms with Crippen molar-refractivity contribution in [2.45, 2.75) is 31.7 Å². The zero-order valence-corrected chi connectivity index (χ0v) is 15.6. The number of nitrogens with one attached hydrogen (secondary N) is 2. The topological polar surface area (TPSA) is 61.4 Å². The third-order valence-corrected chi connectivity index (χ3v) is 5.74. The molecule has 2 saturated heterocycles. The molecule has 2 aromatic carbocycles. The van der Waals surface area contributed by atoms with Crippen LogP contribution in [0.5, 0.6) is 0 Å². The molecule has 2 amide bonds. The van der Waals surface area contributed by atoms with Gasteiger partial charge in [-0.2, -0.15) is 0 Å². The number of carbonyl (C=O) groups is 2. The lowest BCUT2D eigenvalue weighted by Gasteiger charge is -2.33. The molecule has 0 spiro atoms. The summed E-state index contributed by atoms with van der Waals surface area (Å²) in [7, 11) is 0. The average Bonchev–Trinajstić information content (AvgIpc) is 3.26. The van der Waals surface area contributed by atoms with Crippen LogP contribution in [0.3, 0.4) is 0 Å². The summed E-state index contributed by atoms with van der Waals surface area (Å²) < 4.78 is 0. The van der Waals surface area contributed by atoms with Gasteiger partial charge in [-0.3, -0.25) is 9.59 Å². The lowest BCUT2D eigenvalue weighted by atomic mass is 9.96. The molecule has 142 valence electrons. The van der Waals surface area contributed by atoms with E-state index in [-0.39, 0.29) is 17.9 Å². The number of carbonyl (C=O) groups excluding carboxylic acids is 2. The molecule has 0 aliphatic carbocycles. The van der Waals surface area contributed by atoms with Crippen LogP contribution >= 0.6 is 0 Å². The van der Waals surface area contributed by atoms with Crippen molar-refractivity contribution >= 4 is 22.6 Å². The molecule has 2 aliphatic heterocycles. The number of amides is 2. The Morgan fingerprint density at radius 2 is 1.93 bits per heavy atom. The minimum absolute atomic E-state index is 0.0380. The number of hydrogen-bond acceptors (Lipinski definition) is 3. The molecule has 4 rings (SSSR count). The van der Waals surface area contributed by atoms with Gasteiger partial charge in [0.05, 0.1) is 6.04 Å². The summed E-state index contributed by atoms with van der Waals surface area (Å²) >= 11 is 0. The molecular formula is C22H27N3O2. The molecule has 2 heterocycles. The lowest BCUT2D eigenvalue weighted by molar-refractivity contribution is -0.123. The highest BCUT2D eigenvalue weighted by molar-refractivity contribution is 5.98. The van der Waals surface area contributed by atoms with Crippen molar-refractivity contribution in [3.8, 4) is 0 Å². The second-order valence-electron chi connectivity index (χ2n) is 7.72. The van der Waals surface area contributed by atoms with Crippen LogP contribution in [-0.2, 0) is 4.79 Å². The number of benzene rings is 2. The van der Waals surface area contributed by atoms with Gasteiger partial charge in [0.15, 0.2) is 0 Å². The Morgan fingerprint density at radius 1 is 1.07 bits per heavy atom. The molecule has 2 aliphatic rings. The molecule has 27 heavy (non-hydrogen) atoms.